The maximum atomic E-state index is 12.0. The quantitative estimate of drug-likeness (QED) is 0.795. The van der Waals surface area contributed by atoms with Crippen LogP contribution in [0.3, 0.4) is 0 Å². The Morgan fingerprint density at radius 1 is 1.14 bits per heavy atom. The van der Waals surface area contributed by atoms with E-state index < -0.39 is 0 Å². The summed E-state index contributed by atoms with van der Waals surface area (Å²) in [7, 11) is 3.15. The third kappa shape index (κ3) is 3.84. The first-order valence-corrected chi connectivity index (χ1v) is 6.84. The van der Waals surface area contributed by atoms with Crippen molar-refractivity contribution in [3.8, 4) is 11.5 Å². The molecule has 112 valence electrons. The van der Waals surface area contributed by atoms with Crippen LogP contribution in [0.4, 0.5) is 0 Å². The van der Waals surface area contributed by atoms with Gasteiger partial charge < -0.3 is 14.4 Å². The zero-order valence-corrected chi connectivity index (χ0v) is 12.3. The van der Waals surface area contributed by atoms with Crippen molar-refractivity contribution in [1.29, 1.82) is 0 Å². The summed E-state index contributed by atoms with van der Waals surface area (Å²) in [5, 5.41) is 0. The van der Waals surface area contributed by atoms with Crippen molar-refractivity contribution in [3.63, 3.8) is 0 Å². The number of amides is 1. The number of ether oxygens (including phenoxy) is 2. The smallest absolute Gasteiger partial charge is 0.246 e. The van der Waals surface area contributed by atoms with Gasteiger partial charge in [0.2, 0.25) is 5.91 Å². The normalized spacial score (nSPS) is 15.3. The molecule has 0 radical (unpaired) electrons. The van der Waals surface area contributed by atoms with Crippen LogP contribution in [0.1, 0.15) is 18.4 Å². The molecule has 0 spiro atoms. The van der Waals surface area contributed by atoms with E-state index in [1.807, 2.05) is 12.1 Å². The van der Waals surface area contributed by atoms with Crippen LogP contribution in [0.2, 0.25) is 0 Å². The maximum absolute atomic E-state index is 12.0. The second-order valence-electron chi connectivity index (χ2n) is 4.81. The van der Waals surface area contributed by atoms with Gasteiger partial charge in [0.05, 0.1) is 14.2 Å². The first kappa shape index (κ1) is 15.1. The molecule has 1 fully saturated rings. The van der Waals surface area contributed by atoms with Crippen LogP contribution in [0.15, 0.2) is 24.3 Å². The molecule has 21 heavy (non-hydrogen) atoms. The lowest BCUT2D eigenvalue weighted by Crippen LogP contribution is -2.37. The van der Waals surface area contributed by atoms with Crippen molar-refractivity contribution < 1.29 is 19.1 Å². The number of piperidine rings is 1. The lowest BCUT2D eigenvalue weighted by Gasteiger charge is -2.24. The summed E-state index contributed by atoms with van der Waals surface area (Å²) in [5.41, 5.74) is 0.856. The number of ketones is 1. The van der Waals surface area contributed by atoms with Gasteiger partial charge in [-0.15, -0.1) is 0 Å². The van der Waals surface area contributed by atoms with Gasteiger partial charge in [-0.25, -0.2) is 0 Å². The highest BCUT2D eigenvalue weighted by Gasteiger charge is 2.18. The van der Waals surface area contributed by atoms with Gasteiger partial charge in [-0.05, 0) is 23.8 Å². The summed E-state index contributed by atoms with van der Waals surface area (Å²) in [5.74, 6) is 1.42. The molecule has 0 atom stereocenters. The Morgan fingerprint density at radius 2 is 1.81 bits per heavy atom. The second-order valence-corrected chi connectivity index (χ2v) is 4.81. The first-order valence-electron chi connectivity index (χ1n) is 6.84. The number of benzene rings is 1. The molecule has 5 nitrogen and oxygen atoms in total. The van der Waals surface area contributed by atoms with Crippen molar-refractivity contribution in [2.45, 2.75) is 12.8 Å². The molecule has 0 saturated carbocycles. The fraction of sp³-hybridized carbons (Fsp3) is 0.375. The fourth-order valence-electron chi connectivity index (χ4n) is 2.21. The maximum Gasteiger partial charge on any atom is 0.246 e. The Morgan fingerprint density at radius 3 is 2.43 bits per heavy atom. The number of hydrogen-bond donors (Lipinski definition) is 0. The van der Waals surface area contributed by atoms with E-state index in [4.69, 9.17) is 9.47 Å². The summed E-state index contributed by atoms with van der Waals surface area (Å²) >= 11 is 0. The summed E-state index contributed by atoms with van der Waals surface area (Å²) in [6.07, 6.45) is 4.17. The fourth-order valence-corrected chi connectivity index (χ4v) is 2.21. The number of nitrogens with zero attached hydrogens (tertiary/aromatic N) is 1. The van der Waals surface area contributed by atoms with Crippen LogP contribution in [0.5, 0.6) is 11.5 Å². The van der Waals surface area contributed by atoms with Crippen molar-refractivity contribution in [2.24, 2.45) is 0 Å². The molecule has 1 aliphatic heterocycles. The van der Waals surface area contributed by atoms with E-state index in [0.29, 0.717) is 37.4 Å². The van der Waals surface area contributed by atoms with Gasteiger partial charge in [-0.3, -0.25) is 9.59 Å². The molecular weight excluding hydrogens is 270 g/mol. The molecule has 1 amide bonds. The largest absolute Gasteiger partial charge is 0.493 e. The highest BCUT2D eigenvalue weighted by atomic mass is 16.5. The van der Waals surface area contributed by atoms with E-state index in [1.54, 1.807) is 31.3 Å². The van der Waals surface area contributed by atoms with Crippen LogP contribution < -0.4 is 9.47 Å². The molecule has 0 bridgehead atoms. The minimum atomic E-state index is -0.0720. The van der Waals surface area contributed by atoms with Crippen LogP contribution in [-0.2, 0) is 9.59 Å². The van der Waals surface area contributed by atoms with Crippen molar-refractivity contribution in [3.05, 3.63) is 29.8 Å². The summed E-state index contributed by atoms with van der Waals surface area (Å²) in [6, 6.07) is 5.45. The van der Waals surface area contributed by atoms with Crippen LogP contribution in [-0.4, -0.2) is 43.9 Å². The van der Waals surface area contributed by atoms with Gasteiger partial charge in [0.25, 0.3) is 0 Å². The van der Waals surface area contributed by atoms with Gasteiger partial charge >= 0.3 is 0 Å². The van der Waals surface area contributed by atoms with Crippen molar-refractivity contribution in [2.75, 3.05) is 27.3 Å². The lowest BCUT2D eigenvalue weighted by molar-refractivity contribution is -0.130. The third-order valence-electron chi connectivity index (χ3n) is 3.46. The molecule has 1 heterocycles. The van der Waals surface area contributed by atoms with E-state index in [0.717, 1.165) is 5.56 Å². The Labute approximate surface area is 124 Å². The highest BCUT2D eigenvalue weighted by molar-refractivity contribution is 5.93. The van der Waals surface area contributed by atoms with Gasteiger partial charge in [0.1, 0.15) is 5.78 Å². The average Bonchev–Trinajstić information content (AvgIpc) is 2.52. The van der Waals surface area contributed by atoms with Gasteiger partial charge in [-0.2, -0.15) is 0 Å². The average molecular weight is 289 g/mol. The lowest BCUT2D eigenvalue weighted by atomic mass is 10.1. The number of carbonyl (C=O) groups excluding carboxylic acids is 2. The predicted molar refractivity (Wildman–Crippen MR) is 79.4 cm³/mol. The summed E-state index contributed by atoms with van der Waals surface area (Å²) in [6.45, 7) is 1.02. The van der Waals surface area contributed by atoms with Gasteiger partial charge in [0, 0.05) is 32.0 Å². The van der Waals surface area contributed by atoms with E-state index >= 15 is 0 Å². The molecule has 1 aliphatic rings. The molecule has 5 heteroatoms. The summed E-state index contributed by atoms with van der Waals surface area (Å²) in [4.78, 5) is 24.9. The first-order chi connectivity index (χ1) is 10.1. The van der Waals surface area contributed by atoms with Crippen LogP contribution in [0.25, 0.3) is 6.08 Å². The third-order valence-corrected chi connectivity index (χ3v) is 3.46. The van der Waals surface area contributed by atoms with Crippen LogP contribution in [0, 0.1) is 0 Å². The Kier molecular flexibility index (Phi) is 4.98. The van der Waals surface area contributed by atoms with E-state index in [1.165, 1.54) is 6.08 Å². The number of hydrogen-bond acceptors (Lipinski definition) is 4. The molecular formula is C16H19NO4. The molecule has 0 N–H and O–H groups in total. The standard InChI is InChI=1S/C16H19NO4/c1-20-14-5-3-12(11-15(14)21-2)4-6-16(19)17-9-7-13(18)8-10-17/h3-6,11H,7-10H2,1-2H3/b6-4+. The van der Waals surface area contributed by atoms with Crippen molar-refractivity contribution in [1.82, 2.24) is 4.90 Å². The molecule has 1 aromatic carbocycles. The highest BCUT2D eigenvalue weighted by Crippen LogP contribution is 2.27. The number of rotatable bonds is 4. The summed E-state index contributed by atoms with van der Waals surface area (Å²) < 4.78 is 10.4. The van der Waals surface area contributed by atoms with Gasteiger partial charge in [0.15, 0.2) is 11.5 Å². The Bertz CT molecular complexity index is 555. The Balaban J connectivity index is 2.03. The topological polar surface area (TPSA) is 55.8 Å². The van der Waals surface area contributed by atoms with E-state index in [9.17, 15) is 9.59 Å². The molecule has 1 aromatic rings. The predicted octanol–water partition coefficient (Wildman–Crippen LogP) is 1.91. The molecule has 0 aromatic heterocycles. The minimum absolute atomic E-state index is 0.0720. The SMILES string of the molecule is COc1ccc(/C=C/C(=O)N2CCC(=O)CC2)cc1OC. The molecule has 2 rings (SSSR count). The number of methoxy groups -OCH3 is 2. The van der Waals surface area contributed by atoms with Crippen molar-refractivity contribution >= 4 is 17.8 Å². The number of Topliss-reactive ketones (excluding diaryl/α,β-unsaturated/α-hetero) is 1. The molecule has 0 aliphatic carbocycles. The van der Waals surface area contributed by atoms with Gasteiger partial charge in [-0.1, -0.05) is 6.07 Å². The Hall–Kier alpha value is -2.30. The monoisotopic (exact) mass is 289 g/mol. The van der Waals surface area contributed by atoms with Crippen LogP contribution >= 0.6 is 0 Å². The van der Waals surface area contributed by atoms with E-state index in [2.05, 4.69) is 0 Å². The van der Waals surface area contributed by atoms with E-state index in [-0.39, 0.29) is 11.7 Å². The molecule has 0 unspecified atom stereocenters. The number of carbonyl (C=O) groups is 2. The minimum Gasteiger partial charge on any atom is -0.493 e. The second kappa shape index (κ2) is 6.92. The number of likely N-dealkylation sites (tertiary alicyclic amines) is 1. The zero-order chi connectivity index (χ0) is 15.2. The zero-order valence-electron chi connectivity index (χ0n) is 12.3. The molecule has 1 saturated heterocycles.